The maximum absolute atomic E-state index is 5.34. The molecule has 2 heteroatoms. The van der Waals surface area contributed by atoms with E-state index >= 15 is 0 Å². The Balaban J connectivity index is 2.02. The summed E-state index contributed by atoms with van der Waals surface area (Å²) in [7, 11) is 1.72. The van der Waals surface area contributed by atoms with E-state index in [4.69, 9.17) is 9.72 Å². The highest BCUT2D eigenvalue weighted by Gasteiger charge is 2.21. The predicted octanol–water partition coefficient (Wildman–Crippen LogP) is 4.32. The van der Waals surface area contributed by atoms with Crippen LogP contribution in [-0.4, -0.2) is 12.1 Å². The highest BCUT2D eigenvalue weighted by atomic mass is 16.5. The molecule has 4 rings (SSSR count). The molecule has 0 N–H and O–H groups in total. The second-order valence-corrected chi connectivity index (χ2v) is 5.60. The van der Waals surface area contributed by atoms with Crippen molar-refractivity contribution in [2.75, 3.05) is 7.11 Å². The van der Waals surface area contributed by atoms with E-state index in [9.17, 15) is 0 Å². The van der Waals surface area contributed by atoms with Gasteiger partial charge in [0.1, 0.15) is 5.75 Å². The van der Waals surface area contributed by atoms with E-state index in [1.807, 2.05) is 6.07 Å². The molecule has 104 valence electrons. The van der Waals surface area contributed by atoms with E-state index in [-0.39, 0.29) is 0 Å². The van der Waals surface area contributed by atoms with Crippen LogP contribution < -0.4 is 4.74 Å². The zero-order valence-electron chi connectivity index (χ0n) is 12.3. The highest BCUT2D eigenvalue weighted by molar-refractivity contribution is 5.88. The lowest BCUT2D eigenvalue weighted by molar-refractivity contribution is 0.414. The number of benzene rings is 2. The lowest BCUT2D eigenvalue weighted by Crippen LogP contribution is -2.08. The predicted molar refractivity (Wildman–Crippen MR) is 85.9 cm³/mol. The van der Waals surface area contributed by atoms with Crippen molar-refractivity contribution in [2.45, 2.75) is 19.8 Å². The van der Waals surface area contributed by atoms with Gasteiger partial charge in [-0.3, -0.25) is 0 Å². The Morgan fingerprint density at radius 3 is 2.76 bits per heavy atom. The van der Waals surface area contributed by atoms with Crippen LogP contribution in [0.3, 0.4) is 0 Å². The van der Waals surface area contributed by atoms with E-state index < -0.39 is 0 Å². The number of pyridine rings is 1. The standard InChI is InChI=1S/C19H17NO/c1-12-15-5-3-4-6-18(15)20-19-16(12)9-7-13-11-14(21-2)8-10-17(13)19/h3-6,8,10-11H,7,9H2,1-2H3. The molecule has 0 radical (unpaired) electrons. The fourth-order valence-electron chi connectivity index (χ4n) is 3.34. The van der Waals surface area contributed by atoms with Gasteiger partial charge in [0.05, 0.1) is 18.3 Å². The van der Waals surface area contributed by atoms with Gasteiger partial charge in [-0.2, -0.15) is 0 Å². The molecule has 0 bridgehead atoms. The summed E-state index contributed by atoms with van der Waals surface area (Å²) in [5.74, 6) is 0.926. The number of nitrogens with zero attached hydrogens (tertiary/aromatic N) is 1. The molecule has 0 unspecified atom stereocenters. The number of ether oxygens (including phenoxy) is 1. The summed E-state index contributed by atoms with van der Waals surface area (Å²) in [6, 6.07) is 14.7. The van der Waals surface area contributed by atoms with Gasteiger partial charge >= 0.3 is 0 Å². The van der Waals surface area contributed by atoms with Gasteiger partial charge in [-0.05, 0) is 60.7 Å². The summed E-state index contributed by atoms with van der Waals surface area (Å²) < 4.78 is 5.34. The monoisotopic (exact) mass is 275 g/mol. The fraction of sp³-hybridized carbons (Fsp3) is 0.211. The Kier molecular flexibility index (Phi) is 2.71. The normalized spacial score (nSPS) is 12.9. The lowest BCUT2D eigenvalue weighted by atomic mass is 9.85. The first-order chi connectivity index (χ1) is 10.3. The van der Waals surface area contributed by atoms with Gasteiger partial charge in [-0.15, -0.1) is 0 Å². The molecule has 1 aliphatic carbocycles. The zero-order valence-corrected chi connectivity index (χ0v) is 12.3. The number of hydrogen-bond donors (Lipinski definition) is 0. The third-order valence-electron chi connectivity index (χ3n) is 4.49. The summed E-state index contributed by atoms with van der Waals surface area (Å²) in [5.41, 5.74) is 7.59. The molecule has 1 heterocycles. The van der Waals surface area contributed by atoms with Crippen molar-refractivity contribution in [3.05, 3.63) is 59.2 Å². The number of aromatic nitrogens is 1. The van der Waals surface area contributed by atoms with Gasteiger partial charge < -0.3 is 4.74 Å². The first kappa shape index (κ1) is 12.4. The Hall–Kier alpha value is -2.35. The van der Waals surface area contributed by atoms with E-state index in [2.05, 4.69) is 43.3 Å². The maximum atomic E-state index is 5.34. The molecule has 2 nitrogen and oxygen atoms in total. The largest absolute Gasteiger partial charge is 0.497 e. The number of aryl methyl sites for hydroxylation is 2. The summed E-state index contributed by atoms with van der Waals surface area (Å²) in [6.45, 7) is 2.22. The first-order valence-corrected chi connectivity index (χ1v) is 7.33. The lowest BCUT2D eigenvalue weighted by Gasteiger charge is -2.22. The minimum absolute atomic E-state index is 0.926. The van der Waals surface area contributed by atoms with Crippen LogP contribution in [0.5, 0.6) is 5.75 Å². The zero-order chi connectivity index (χ0) is 14.4. The van der Waals surface area contributed by atoms with Crippen LogP contribution in [0.2, 0.25) is 0 Å². The number of rotatable bonds is 1. The molecule has 0 atom stereocenters. The van der Waals surface area contributed by atoms with Gasteiger partial charge in [0, 0.05) is 10.9 Å². The minimum atomic E-state index is 0.926. The van der Waals surface area contributed by atoms with E-state index in [0.29, 0.717) is 0 Å². The maximum Gasteiger partial charge on any atom is 0.119 e. The Morgan fingerprint density at radius 2 is 1.90 bits per heavy atom. The van der Waals surface area contributed by atoms with Crippen molar-refractivity contribution in [1.29, 1.82) is 0 Å². The molecule has 0 saturated heterocycles. The van der Waals surface area contributed by atoms with Crippen molar-refractivity contribution in [3.63, 3.8) is 0 Å². The minimum Gasteiger partial charge on any atom is -0.497 e. The van der Waals surface area contributed by atoms with E-state index in [0.717, 1.165) is 29.8 Å². The number of para-hydroxylation sites is 1. The van der Waals surface area contributed by atoms with Crippen LogP contribution in [0.25, 0.3) is 22.2 Å². The van der Waals surface area contributed by atoms with Crippen molar-refractivity contribution < 1.29 is 4.74 Å². The number of methoxy groups -OCH3 is 1. The Labute approximate surface area is 124 Å². The molecule has 1 aromatic heterocycles. The number of hydrogen-bond acceptors (Lipinski definition) is 2. The molecule has 21 heavy (non-hydrogen) atoms. The average molecular weight is 275 g/mol. The molecule has 0 spiro atoms. The Bertz CT molecular complexity index is 852. The van der Waals surface area contributed by atoms with Crippen molar-refractivity contribution in [2.24, 2.45) is 0 Å². The van der Waals surface area contributed by atoms with Gasteiger partial charge in [-0.25, -0.2) is 4.98 Å². The van der Waals surface area contributed by atoms with Gasteiger partial charge in [0.15, 0.2) is 0 Å². The van der Waals surface area contributed by atoms with Crippen molar-refractivity contribution in [3.8, 4) is 17.0 Å². The van der Waals surface area contributed by atoms with E-state index in [1.165, 1.54) is 27.6 Å². The van der Waals surface area contributed by atoms with Crippen LogP contribution in [0.15, 0.2) is 42.5 Å². The molecule has 0 fully saturated rings. The molecular weight excluding hydrogens is 258 g/mol. The van der Waals surface area contributed by atoms with Crippen molar-refractivity contribution in [1.82, 2.24) is 4.98 Å². The smallest absolute Gasteiger partial charge is 0.119 e. The molecule has 0 amide bonds. The summed E-state index contributed by atoms with van der Waals surface area (Å²) in [6.07, 6.45) is 2.11. The molecule has 1 aliphatic rings. The quantitative estimate of drug-likeness (QED) is 0.660. The molecule has 3 aromatic rings. The second-order valence-electron chi connectivity index (χ2n) is 5.60. The van der Waals surface area contributed by atoms with Crippen LogP contribution >= 0.6 is 0 Å². The summed E-state index contributed by atoms with van der Waals surface area (Å²) >= 11 is 0. The van der Waals surface area contributed by atoms with Crippen LogP contribution in [0.1, 0.15) is 16.7 Å². The molecule has 0 saturated carbocycles. The summed E-state index contributed by atoms with van der Waals surface area (Å²) in [4.78, 5) is 4.93. The van der Waals surface area contributed by atoms with Gasteiger partial charge in [0.25, 0.3) is 0 Å². The highest BCUT2D eigenvalue weighted by Crippen LogP contribution is 2.37. The fourth-order valence-corrected chi connectivity index (χ4v) is 3.34. The molecule has 2 aromatic carbocycles. The number of fused-ring (bicyclic) bond motifs is 4. The SMILES string of the molecule is COc1ccc2c(c1)CCc1c-2nc2ccccc2c1C. The molecule has 0 aliphatic heterocycles. The Morgan fingerprint density at radius 1 is 1.05 bits per heavy atom. The van der Waals surface area contributed by atoms with Crippen LogP contribution in [-0.2, 0) is 12.8 Å². The third-order valence-corrected chi connectivity index (χ3v) is 4.49. The molecular formula is C19H17NO. The topological polar surface area (TPSA) is 22.1 Å². The van der Waals surface area contributed by atoms with Crippen molar-refractivity contribution >= 4 is 10.9 Å². The van der Waals surface area contributed by atoms with Gasteiger partial charge in [-0.1, -0.05) is 18.2 Å². The van der Waals surface area contributed by atoms with Crippen LogP contribution in [0.4, 0.5) is 0 Å². The summed E-state index contributed by atoms with van der Waals surface area (Å²) in [5, 5.41) is 1.27. The van der Waals surface area contributed by atoms with Crippen LogP contribution in [0, 0.1) is 6.92 Å². The van der Waals surface area contributed by atoms with Gasteiger partial charge in [0.2, 0.25) is 0 Å². The average Bonchev–Trinajstić information content (AvgIpc) is 2.54. The third kappa shape index (κ3) is 1.83. The first-order valence-electron chi connectivity index (χ1n) is 7.33. The van der Waals surface area contributed by atoms with E-state index in [1.54, 1.807) is 7.11 Å². The second kappa shape index (κ2) is 4.59.